The number of hydrogen-bond acceptors (Lipinski definition) is 4. The van der Waals surface area contributed by atoms with Crippen molar-refractivity contribution in [1.29, 1.82) is 0 Å². The third kappa shape index (κ3) is 3.41. The predicted molar refractivity (Wildman–Crippen MR) is 69.1 cm³/mol. The van der Waals surface area contributed by atoms with Crippen molar-refractivity contribution in [2.24, 2.45) is 0 Å². The Hall–Kier alpha value is -1.13. The second kappa shape index (κ2) is 5.98. The Morgan fingerprint density at radius 1 is 1.53 bits per heavy atom. The minimum atomic E-state index is 0.385. The first-order valence-corrected chi connectivity index (χ1v) is 6.29. The van der Waals surface area contributed by atoms with Crippen molar-refractivity contribution in [1.82, 2.24) is 9.88 Å². The minimum absolute atomic E-state index is 0.385. The van der Waals surface area contributed by atoms with Crippen LogP contribution in [0, 0.1) is 0 Å². The zero-order valence-electron chi connectivity index (χ0n) is 10.6. The van der Waals surface area contributed by atoms with E-state index in [0.717, 1.165) is 44.2 Å². The molecule has 1 aliphatic heterocycles. The average Bonchev–Trinajstić information content (AvgIpc) is 2.39. The second-order valence-electron chi connectivity index (χ2n) is 4.40. The third-order valence-electron chi connectivity index (χ3n) is 3.13. The Morgan fingerprint density at radius 2 is 2.41 bits per heavy atom. The summed E-state index contributed by atoms with van der Waals surface area (Å²) in [7, 11) is 1.90. The van der Waals surface area contributed by atoms with Crippen molar-refractivity contribution < 1.29 is 4.74 Å². The Bertz CT molecular complexity index is 356. The summed E-state index contributed by atoms with van der Waals surface area (Å²) in [4.78, 5) is 6.96. The van der Waals surface area contributed by atoms with Gasteiger partial charge in [0.1, 0.15) is 5.82 Å². The molecule has 2 rings (SSSR count). The zero-order chi connectivity index (χ0) is 12.1. The van der Waals surface area contributed by atoms with Crippen molar-refractivity contribution in [2.45, 2.75) is 26.0 Å². The van der Waals surface area contributed by atoms with Crippen LogP contribution in [0.3, 0.4) is 0 Å². The van der Waals surface area contributed by atoms with Gasteiger partial charge in [-0.05, 0) is 18.6 Å². The quantitative estimate of drug-likeness (QED) is 0.862. The van der Waals surface area contributed by atoms with E-state index in [4.69, 9.17) is 4.74 Å². The topological polar surface area (TPSA) is 37.4 Å². The van der Waals surface area contributed by atoms with Gasteiger partial charge in [0, 0.05) is 26.7 Å². The SMILES string of the molecule is CCC1CN(Cc2cccc(NC)n2)CCO1. The fraction of sp³-hybridized carbons (Fsp3) is 0.615. The van der Waals surface area contributed by atoms with Gasteiger partial charge in [0.25, 0.3) is 0 Å². The van der Waals surface area contributed by atoms with Crippen molar-refractivity contribution >= 4 is 5.82 Å². The first kappa shape index (κ1) is 12.3. The molecule has 0 radical (unpaired) electrons. The Morgan fingerprint density at radius 3 is 3.18 bits per heavy atom. The molecule has 17 heavy (non-hydrogen) atoms. The zero-order valence-corrected chi connectivity index (χ0v) is 10.6. The summed E-state index contributed by atoms with van der Waals surface area (Å²) >= 11 is 0. The van der Waals surface area contributed by atoms with E-state index in [2.05, 4.69) is 28.2 Å². The molecule has 4 nitrogen and oxygen atoms in total. The highest BCUT2D eigenvalue weighted by Crippen LogP contribution is 2.12. The van der Waals surface area contributed by atoms with Crippen molar-refractivity contribution in [3.63, 3.8) is 0 Å². The molecule has 1 unspecified atom stereocenters. The van der Waals surface area contributed by atoms with Crippen molar-refractivity contribution in [2.75, 3.05) is 32.1 Å². The van der Waals surface area contributed by atoms with Crippen LogP contribution < -0.4 is 5.32 Å². The first-order chi connectivity index (χ1) is 8.31. The Balaban J connectivity index is 1.95. The maximum Gasteiger partial charge on any atom is 0.126 e. The summed E-state index contributed by atoms with van der Waals surface area (Å²) in [5, 5.41) is 3.07. The molecule has 0 amide bonds. The number of nitrogens with one attached hydrogen (secondary N) is 1. The van der Waals surface area contributed by atoms with Gasteiger partial charge in [-0.25, -0.2) is 4.98 Å². The highest BCUT2D eigenvalue weighted by atomic mass is 16.5. The number of ether oxygens (including phenoxy) is 1. The molecule has 1 N–H and O–H groups in total. The molecule has 0 aromatic carbocycles. The summed E-state index contributed by atoms with van der Waals surface area (Å²) in [6.07, 6.45) is 1.47. The molecule has 2 heterocycles. The maximum absolute atomic E-state index is 5.67. The lowest BCUT2D eigenvalue weighted by Gasteiger charge is -2.32. The lowest BCUT2D eigenvalue weighted by atomic mass is 10.2. The van der Waals surface area contributed by atoms with Gasteiger partial charge in [0.05, 0.1) is 18.4 Å². The molecule has 0 saturated carbocycles. The highest BCUT2D eigenvalue weighted by molar-refractivity contribution is 5.34. The standard InChI is InChI=1S/C13H21N3O/c1-3-12-10-16(7-8-17-12)9-11-5-4-6-13(14-2)15-11/h4-6,12H,3,7-10H2,1-2H3,(H,14,15). The fourth-order valence-corrected chi connectivity index (χ4v) is 2.11. The van der Waals surface area contributed by atoms with Crippen LogP contribution in [-0.4, -0.2) is 42.7 Å². The molecule has 94 valence electrons. The van der Waals surface area contributed by atoms with Crippen LogP contribution in [0.5, 0.6) is 0 Å². The Kier molecular flexibility index (Phi) is 4.34. The fourth-order valence-electron chi connectivity index (χ4n) is 2.11. The van der Waals surface area contributed by atoms with Crippen LogP contribution in [0.2, 0.25) is 0 Å². The van der Waals surface area contributed by atoms with E-state index < -0.39 is 0 Å². The van der Waals surface area contributed by atoms with Crippen LogP contribution in [0.15, 0.2) is 18.2 Å². The highest BCUT2D eigenvalue weighted by Gasteiger charge is 2.19. The van der Waals surface area contributed by atoms with Crippen LogP contribution in [-0.2, 0) is 11.3 Å². The largest absolute Gasteiger partial charge is 0.376 e. The maximum atomic E-state index is 5.67. The van der Waals surface area contributed by atoms with Gasteiger partial charge in [0.15, 0.2) is 0 Å². The molecule has 0 spiro atoms. The lowest BCUT2D eigenvalue weighted by molar-refractivity contribution is -0.0328. The van der Waals surface area contributed by atoms with Crippen LogP contribution >= 0.6 is 0 Å². The van der Waals surface area contributed by atoms with E-state index in [1.54, 1.807) is 0 Å². The number of nitrogens with zero attached hydrogens (tertiary/aromatic N) is 2. The summed E-state index contributed by atoms with van der Waals surface area (Å²) in [6.45, 7) is 5.94. The summed E-state index contributed by atoms with van der Waals surface area (Å²) in [5.74, 6) is 0.933. The molecular weight excluding hydrogens is 214 g/mol. The van der Waals surface area contributed by atoms with Gasteiger partial charge < -0.3 is 10.1 Å². The third-order valence-corrected chi connectivity index (χ3v) is 3.13. The minimum Gasteiger partial charge on any atom is -0.376 e. The van der Waals surface area contributed by atoms with E-state index in [0.29, 0.717) is 6.10 Å². The van der Waals surface area contributed by atoms with Gasteiger partial charge in [-0.15, -0.1) is 0 Å². The molecule has 4 heteroatoms. The van der Waals surface area contributed by atoms with E-state index in [1.165, 1.54) is 0 Å². The molecule has 1 fully saturated rings. The van der Waals surface area contributed by atoms with Gasteiger partial charge in [-0.3, -0.25) is 4.90 Å². The molecule has 1 saturated heterocycles. The van der Waals surface area contributed by atoms with Crippen LogP contribution in [0.25, 0.3) is 0 Å². The second-order valence-corrected chi connectivity index (χ2v) is 4.40. The van der Waals surface area contributed by atoms with E-state index in [9.17, 15) is 0 Å². The predicted octanol–water partition coefficient (Wildman–Crippen LogP) is 1.73. The number of hydrogen-bond donors (Lipinski definition) is 1. The van der Waals surface area contributed by atoms with Crippen molar-refractivity contribution in [3.05, 3.63) is 23.9 Å². The number of aromatic nitrogens is 1. The molecule has 0 bridgehead atoms. The molecule has 0 aliphatic carbocycles. The molecular formula is C13H21N3O. The first-order valence-electron chi connectivity index (χ1n) is 6.29. The van der Waals surface area contributed by atoms with Crippen LogP contribution in [0.4, 0.5) is 5.82 Å². The number of morpholine rings is 1. The summed E-state index contributed by atoms with van der Waals surface area (Å²) < 4.78 is 5.67. The monoisotopic (exact) mass is 235 g/mol. The summed E-state index contributed by atoms with van der Waals surface area (Å²) in [5.41, 5.74) is 1.12. The molecule has 1 aliphatic rings. The van der Waals surface area contributed by atoms with E-state index in [1.807, 2.05) is 19.2 Å². The number of anilines is 1. The van der Waals surface area contributed by atoms with E-state index in [-0.39, 0.29) is 0 Å². The van der Waals surface area contributed by atoms with E-state index >= 15 is 0 Å². The van der Waals surface area contributed by atoms with Gasteiger partial charge in [0.2, 0.25) is 0 Å². The van der Waals surface area contributed by atoms with Crippen LogP contribution in [0.1, 0.15) is 19.0 Å². The van der Waals surface area contributed by atoms with Gasteiger partial charge >= 0.3 is 0 Å². The Labute approximate surface area is 103 Å². The smallest absolute Gasteiger partial charge is 0.126 e. The summed E-state index contributed by atoms with van der Waals surface area (Å²) in [6, 6.07) is 6.11. The molecule has 1 atom stereocenters. The molecule has 1 aromatic heterocycles. The normalized spacial score (nSPS) is 21.4. The molecule has 1 aromatic rings. The van der Waals surface area contributed by atoms with Gasteiger partial charge in [-0.1, -0.05) is 13.0 Å². The average molecular weight is 235 g/mol. The number of rotatable bonds is 4. The number of pyridine rings is 1. The van der Waals surface area contributed by atoms with Crippen molar-refractivity contribution in [3.8, 4) is 0 Å². The van der Waals surface area contributed by atoms with Gasteiger partial charge in [-0.2, -0.15) is 0 Å². The lowest BCUT2D eigenvalue weighted by Crippen LogP contribution is -2.41.